The van der Waals surface area contributed by atoms with Crippen molar-refractivity contribution in [2.45, 2.75) is 26.9 Å². The lowest BCUT2D eigenvalue weighted by Gasteiger charge is -2.13. The van der Waals surface area contributed by atoms with Gasteiger partial charge in [0, 0.05) is 5.56 Å². The second kappa shape index (κ2) is 8.77. The molecule has 1 aromatic heterocycles. The van der Waals surface area contributed by atoms with Crippen LogP contribution in [-0.2, 0) is 9.53 Å². The first-order chi connectivity index (χ1) is 17.2. The van der Waals surface area contributed by atoms with Crippen LogP contribution in [0, 0.1) is 0 Å². The highest BCUT2D eigenvalue weighted by molar-refractivity contribution is 6.32. The SMILES string of the molecule is CC1=NN(c2ccc(C(=O)OC(C)C)cc2)C(=O)C1=Cc1ccc(-c2ccc3c(c2)C(=O)NC3=O)o1. The van der Waals surface area contributed by atoms with Crippen molar-refractivity contribution in [2.24, 2.45) is 5.10 Å². The fraction of sp³-hybridized carbons (Fsp3) is 0.148. The fourth-order valence-electron chi connectivity index (χ4n) is 3.93. The first-order valence-corrected chi connectivity index (χ1v) is 11.2. The van der Waals surface area contributed by atoms with Gasteiger partial charge in [0.15, 0.2) is 0 Å². The smallest absolute Gasteiger partial charge is 0.338 e. The van der Waals surface area contributed by atoms with Gasteiger partial charge < -0.3 is 9.15 Å². The van der Waals surface area contributed by atoms with Crippen molar-refractivity contribution in [3.63, 3.8) is 0 Å². The van der Waals surface area contributed by atoms with Gasteiger partial charge in [-0.1, -0.05) is 6.07 Å². The van der Waals surface area contributed by atoms with Crippen LogP contribution in [0.2, 0.25) is 0 Å². The maximum absolute atomic E-state index is 13.1. The summed E-state index contributed by atoms with van der Waals surface area (Å²) < 4.78 is 11.1. The van der Waals surface area contributed by atoms with Gasteiger partial charge in [-0.3, -0.25) is 19.7 Å². The van der Waals surface area contributed by atoms with Gasteiger partial charge in [0.25, 0.3) is 17.7 Å². The van der Waals surface area contributed by atoms with E-state index < -0.39 is 17.8 Å². The van der Waals surface area contributed by atoms with E-state index in [2.05, 4.69) is 10.4 Å². The number of hydrogen-bond donors (Lipinski definition) is 1. The Labute approximate surface area is 206 Å². The molecule has 2 aromatic carbocycles. The average molecular weight is 483 g/mol. The molecule has 3 aromatic rings. The number of nitrogens with one attached hydrogen (secondary N) is 1. The molecule has 0 unspecified atom stereocenters. The van der Waals surface area contributed by atoms with E-state index in [-0.39, 0.29) is 12.0 Å². The summed E-state index contributed by atoms with van der Waals surface area (Å²) in [5.41, 5.74) is 3.01. The molecular weight excluding hydrogens is 462 g/mol. The summed E-state index contributed by atoms with van der Waals surface area (Å²) in [5, 5.41) is 7.88. The first-order valence-electron chi connectivity index (χ1n) is 11.2. The van der Waals surface area contributed by atoms with Gasteiger partial charge in [-0.05, 0) is 75.4 Å². The first kappa shape index (κ1) is 23.0. The van der Waals surface area contributed by atoms with E-state index in [4.69, 9.17) is 9.15 Å². The molecule has 2 aliphatic rings. The van der Waals surface area contributed by atoms with Crippen molar-refractivity contribution in [2.75, 3.05) is 5.01 Å². The normalized spacial score (nSPS) is 16.0. The highest BCUT2D eigenvalue weighted by Crippen LogP contribution is 2.29. The summed E-state index contributed by atoms with van der Waals surface area (Å²) in [5.74, 6) is -0.728. The number of amides is 3. The molecule has 0 radical (unpaired) electrons. The largest absolute Gasteiger partial charge is 0.459 e. The van der Waals surface area contributed by atoms with Crippen LogP contribution in [-0.4, -0.2) is 35.5 Å². The van der Waals surface area contributed by atoms with Gasteiger partial charge in [0.2, 0.25) is 0 Å². The lowest BCUT2D eigenvalue weighted by atomic mass is 10.0. The minimum absolute atomic E-state index is 0.231. The Morgan fingerprint density at radius 1 is 1.00 bits per heavy atom. The summed E-state index contributed by atoms with van der Waals surface area (Å²) in [6.07, 6.45) is 1.37. The number of furan rings is 1. The number of carbonyl (C=O) groups is 4. The third kappa shape index (κ3) is 4.11. The molecule has 2 aliphatic heterocycles. The number of fused-ring (bicyclic) bond motifs is 1. The number of rotatable bonds is 5. The fourth-order valence-corrected chi connectivity index (χ4v) is 3.93. The Morgan fingerprint density at radius 2 is 1.72 bits per heavy atom. The van der Waals surface area contributed by atoms with Gasteiger partial charge in [0.1, 0.15) is 11.5 Å². The molecule has 0 aliphatic carbocycles. The number of nitrogens with zero attached hydrogens (tertiary/aromatic N) is 2. The number of ether oxygens (including phenoxy) is 1. The standard InChI is InChI=1S/C27H21N3O6/c1-14(2)35-27(34)16-4-7-18(8-5-16)30-26(33)21(15(3)29-30)13-19-9-11-23(36-19)17-6-10-20-22(12-17)25(32)28-24(20)31/h4-14H,1-3H3,(H,28,31,32). The molecule has 0 atom stereocenters. The van der Waals surface area contributed by atoms with E-state index in [0.29, 0.717) is 50.7 Å². The molecule has 3 heterocycles. The summed E-state index contributed by atoms with van der Waals surface area (Å²) in [7, 11) is 0. The number of imide groups is 1. The molecular formula is C27H21N3O6. The minimum atomic E-state index is -0.445. The van der Waals surface area contributed by atoms with Crippen LogP contribution in [0.25, 0.3) is 17.4 Å². The van der Waals surface area contributed by atoms with Crippen molar-refractivity contribution < 1.29 is 28.3 Å². The van der Waals surface area contributed by atoms with E-state index >= 15 is 0 Å². The predicted molar refractivity (Wildman–Crippen MR) is 132 cm³/mol. The topological polar surface area (TPSA) is 118 Å². The van der Waals surface area contributed by atoms with Crippen LogP contribution in [0.3, 0.4) is 0 Å². The van der Waals surface area contributed by atoms with Crippen LogP contribution in [0.5, 0.6) is 0 Å². The third-order valence-corrected chi connectivity index (χ3v) is 5.69. The molecule has 1 N–H and O–H groups in total. The zero-order chi connectivity index (χ0) is 25.6. The number of hydrogen-bond acceptors (Lipinski definition) is 7. The number of anilines is 1. The number of hydrazone groups is 1. The zero-order valence-corrected chi connectivity index (χ0v) is 19.7. The van der Waals surface area contributed by atoms with E-state index in [1.165, 1.54) is 5.01 Å². The van der Waals surface area contributed by atoms with Gasteiger partial charge in [-0.15, -0.1) is 0 Å². The van der Waals surface area contributed by atoms with Gasteiger partial charge in [-0.25, -0.2) is 4.79 Å². The monoisotopic (exact) mass is 483 g/mol. The van der Waals surface area contributed by atoms with Crippen molar-refractivity contribution in [1.82, 2.24) is 5.32 Å². The van der Waals surface area contributed by atoms with E-state index in [0.717, 1.165) is 0 Å². The quantitative estimate of drug-likeness (QED) is 0.330. The summed E-state index contributed by atoms with van der Waals surface area (Å²) >= 11 is 0. The van der Waals surface area contributed by atoms with Gasteiger partial charge in [-0.2, -0.15) is 10.1 Å². The molecule has 3 amide bonds. The van der Waals surface area contributed by atoms with Crippen LogP contribution >= 0.6 is 0 Å². The Balaban J connectivity index is 1.36. The van der Waals surface area contributed by atoms with Crippen molar-refractivity contribution >= 4 is 41.2 Å². The number of benzene rings is 2. The van der Waals surface area contributed by atoms with E-state index in [1.807, 2.05) is 0 Å². The maximum Gasteiger partial charge on any atom is 0.338 e. The molecule has 180 valence electrons. The molecule has 0 spiro atoms. The Hall–Kier alpha value is -4.79. The minimum Gasteiger partial charge on any atom is -0.459 e. The summed E-state index contributed by atoms with van der Waals surface area (Å²) in [6.45, 7) is 5.27. The summed E-state index contributed by atoms with van der Waals surface area (Å²) in [4.78, 5) is 48.9. The van der Waals surface area contributed by atoms with Crippen molar-refractivity contribution in [3.8, 4) is 11.3 Å². The Morgan fingerprint density at radius 3 is 2.44 bits per heavy atom. The highest BCUT2D eigenvalue weighted by atomic mass is 16.5. The average Bonchev–Trinajstić information content (AvgIpc) is 3.51. The maximum atomic E-state index is 13.1. The van der Waals surface area contributed by atoms with Crippen molar-refractivity contribution in [3.05, 3.63) is 82.6 Å². The molecule has 0 saturated heterocycles. The number of esters is 1. The number of carbonyl (C=O) groups excluding carboxylic acids is 4. The van der Waals surface area contributed by atoms with Crippen LogP contribution in [0.15, 0.2) is 69.7 Å². The molecule has 9 heteroatoms. The van der Waals surface area contributed by atoms with Crippen molar-refractivity contribution in [1.29, 1.82) is 0 Å². The van der Waals surface area contributed by atoms with E-state index in [9.17, 15) is 19.2 Å². The van der Waals surface area contributed by atoms with Crippen LogP contribution in [0.4, 0.5) is 5.69 Å². The molecule has 9 nitrogen and oxygen atoms in total. The van der Waals surface area contributed by atoms with Gasteiger partial charge in [0.05, 0.1) is 39.8 Å². The molecule has 0 saturated carbocycles. The highest BCUT2D eigenvalue weighted by Gasteiger charge is 2.30. The van der Waals surface area contributed by atoms with Crippen LogP contribution in [0.1, 0.15) is 57.6 Å². The lowest BCUT2D eigenvalue weighted by Crippen LogP contribution is -2.21. The molecule has 36 heavy (non-hydrogen) atoms. The molecule has 5 rings (SSSR count). The zero-order valence-electron chi connectivity index (χ0n) is 19.7. The van der Waals surface area contributed by atoms with E-state index in [1.54, 1.807) is 81.4 Å². The Bertz CT molecular complexity index is 1490. The lowest BCUT2D eigenvalue weighted by molar-refractivity contribution is -0.114. The van der Waals surface area contributed by atoms with Gasteiger partial charge >= 0.3 is 5.97 Å². The predicted octanol–water partition coefficient (Wildman–Crippen LogP) is 4.20. The van der Waals surface area contributed by atoms with Crippen LogP contribution < -0.4 is 10.3 Å². The third-order valence-electron chi connectivity index (χ3n) is 5.69. The second-order valence-electron chi connectivity index (χ2n) is 8.61. The molecule has 0 bridgehead atoms. The second-order valence-corrected chi connectivity index (χ2v) is 8.61. The summed E-state index contributed by atoms with van der Waals surface area (Å²) in [6, 6.07) is 14.7. The molecule has 0 fully saturated rings. The Kier molecular flexibility index (Phi) is 5.60.